The number of amides is 3. The van der Waals surface area contributed by atoms with Gasteiger partial charge in [-0.1, -0.05) is 6.07 Å². The molecule has 1 fully saturated rings. The van der Waals surface area contributed by atoms with E-state index < -0.39 is 51.7 Å². The molecule has 0 saturated carbocycles. The van der Waals surface area contributed by atoms with Crippen molar-refractivity contribution in [3.8, 4) is 0 Å². The summed E-state index contributed by atoms with van der Waals surface area (Å²) < 4.78 is 40.0. The number of hydrogen-bond acceptors (Lipinski definition) is 8. The van der Waals surface area contributed by atoms with Gasteiger partial charge >= 0.3 is 0 Å². The molecule has 2 aromatic carbocycles. The van der Waals surface area contributed by atoms with Crippen LogP contribution < -0.4 is 5.32 Å². The second-order valence-corrected chi connectivity index (χ2v) is 8.73. The first kappa shape index (κ1) is 25.3. The van der Waals surface area contributed by atoms with E-state index in [1.807, 2.05) is 5.32 Å². The highest BCUT2D eigenvalue weighted by molar-refractivity contribution is 8.18. The molecule has 1 heterocycles. The molecule has 0 radical (unpaired) electrons. The Balaban J connectivity index is 1.75. The van der Waals surface area contributed by atoms with Crippen LogP contribution in [0.2, 0.25) is 0 Å². The number of nitro benzene ring substituents is 1. The third kappa shape index (κ3) is 5.58. The molecule has 3 rings (SSSR count). The van der Waals surface area contributed by atoms with Crippen molar-refractivity contribution in [2.75, 3.05) is 24.2 Å². The number of thioether (sulfide) groups is 2. The van der Waals surface area contributed by atoms with Gasteiger partial charge in [-0.3, -0.25) is 29.4 Å². The molecule has 2 N–H and O–H groups in total. The number of halogens is 3. The summed E-state index contributed by atoms with van der Waals surface area (Å²) in [5.74, 6) is -6.53. The van der Waals surface area contributed by atoms with E-state index in [4.69, 9.17) is 5.11 Å². The number of hydrogen-bond donors (Lipinski definition) is 2. The molecule has 1 saturated heterocycles. The average Bonchev–Trinajstić information content (AvgIpc) is 3.05. The highest BCUT2D eigenvalue weighted by Crippen LogP contribution is 2.35. The van der Waals surface area contributed by atoms with Gasteiger partial charge in [0.1, 0.15) is 6.54 Å². The molecule has 1 aliphatic heterocycles. The molecule has 0 aromatic heterocycles. The second kappa shape index (κ2) is 10.7. The van der Waals surface area contributed by atoms with Crippen LogP contribution in [-0.4, -0.2) is 50.9 Å². The second-order valence-electron chi connectivity index (χ2n) is 6.60. The predicted octanol–water partition coefficient (Wildman–Crippen LogP) is 3.77. The minimum Gasteiger partial charge on any atom is -0.396 e. The Hall–Kier alpha value is -3.36. The maximum absolute atomic E-state index is 13.7. The van der Waals surface area contributed by atoms with Crippen LogP contribution in [0.5, 0.6) is 0 Å². The Morgan fingerprint density at radius 3 is 2.62 bits per heavy atom. The lowest BCUT2D eigenvalue weighted by Gasteiger charge is -2.13. The summed E-state index contributed by atoms with van der Waals surface area (Å²) in [6, 6.07) is 5.52. The summed E-state index contributed by atoms with van der Waals surface area (Å²) in [5, 5.41) is 21.4. The number of imide groups is 1. The van der Waals surface area contributed by atoms with Gasteiger partial charge < -0.3 is 10.4 Å². The van der Waals surface area contributed by atoms with E-state index in [2.05, 4.69) is 0 Å². The van der Waals surface area contributed by atoms with Crippen molar-refractivity contribution in [2.45, 2.75) is 4.90 Å². The summed E-state index contributed by atoms with van der Waals surface area (Å²) in [6.45, 7) is -0.996. The molecule has 0 unspecified atom stereocenters. The monoisotopic (exact) mass is 513 g/mol. The lowest BCUT2D eigenvalue weighted by Crippen LogP contribution is -2.36. The van der Waals surface area contributed by atoms with Crippen molar-refractivity contribution in [1.29, 1.82) is 0 Å². The molecule has 9 nitrogen and oxygen atoms in total. The summed E-state index contributed by atoms with van der Waals surface area (Å²) in [6.07, 6.45) is 1.24. The molecule has 1 aliphatic rings. The Bertz CT molecular complexity index is 1220. The van der Waals surface area contributed by atoms with Crippen molar-refractivity contribution in [2.24, 2.45) is 0 Å². The lowest BCUT2D eigenvalue weighted by molar-refractivity contribution is -0.387. The summed E-state index contributed by atoms with van der Waals surface area (Å²) in [4.78, 5) is 48.4. The van der Waals surface area contributed by atoms with Crippen molar-refractivity contribution >= 4 is 58.0 Å². The van der Waals surface area contributed by atoms with Crippen LogP contribution in [0.4, 0.5) is 29.3 Å². The maximum atomic E-state index is 13.7. The molecule has 0 atom stereocenters. The molecule has 178 valence electrons. The zero-order valence-electron chi connectivity index (χ0n) is 16.9. The fourth-order valence-electron chi connectivity index (χ4n) is 2.79. The fraction of sp³-hybridized carbons (Fsp3) is 0.150. The van der Waals surface area contributed by atoms with Crippen molar-refractivity contribution in [3.63, 3.8) is 0 Å². The van der Waals surface area contributed by atoms with Gasteiger partial charge in [-0.25, -0.2) is 13.2 Å². The number of nitrogens with zero attached hydrogens (tertiary/aromatic N) is 2. The van der Waals surface area contributed by atoms with Crippen LogP contribution in [0, 0.1) is 27.6 Å². The number of nitrogens with one attached hydrogen (secondary N) is 1. The number of benzene rings is 2. The standard InChI is InChI=1S/C20H14F3N3O6S2/c21-11-2-3-12(18(23)17(11)22)24-16(28)9-25-19(29)15(34-20(25)30)8-10-1-4-14(33-6-5-27)13(7-10)26(31)32/h1-4,7-8,27H,5-6,9H2,(H,24,28)/b15-8-. The van der Waals surface area contributed by atoms with Crippen LogP contribution in [0.25, 0.3) is 6.08 Å². The minimum atomic E-state index is -1.79. The Morgan fingerprint density at radius 1 is 1.21 bits per heavy atom. The topological polar surface area (TPSA) is 130 Å². The van der Waals surface area contributed by atoms with E-state index in [9.17, 15) is 37.7 Å². The van der Waals surface area contributed by atoms with Crippen LogP contribution in [-0.2, 0) is 9.59 Å². The number of anilines is 1. The van der Waals surface area contributed by atoms with Crippen LogP contribution in [0.1, 0.15) is 5.56 Å². The third-order valence-corrected chi connectivity index (χ3v) is 6.26. The van der Waals surface area contributed by atoms with Gasteiger partial charge in [-0.2, -0.15) is 0 Å². The molecule has 14 heteroatoms. The third-order valence-electron chi connectivity index (χ3n) is 4.31. The smallest absolute Gasteiger partial charge is 0.294 e. The summed E-state index contributed by atoms with van der Waals surface area (Å²) in [5.41, 5.74) is -0.670. The van der Waals surface area contributed by atoms with Gasteiger partial charge in [0.05, 0.1) is 27.0 Å². The van der Waals surface area contributed by atoms with Gasteiger partial charge in [0.2, 0.25) is 5.91 Å². The molecule has 0 spiro atoms. The van der Waals surface area contributed by atoms with Crippen molar-refractivity contribution in [3.05, 3.63) is 68.4 Å². The Kier molecular flexibility index (Phi) is 7.96. The lowest BCUT2D eigenvalue weighted by atomic mass is 10.2. The Morgan fingerprint density at radius 2 is 1.94 bits per heavy atom. The van der Waals surface area contributed by atoms with Crippen LogP contribution >= 0.6 is 23.5 Å². The zero-order valence-corrected chi connectivity index (χ0v) is 18.6. The number of aliphatic hydroxyl groups excluding tert-OH is 1. The largest absolute Gasteiger partial charge is 0.396 e. The molecule has 34 heavy (non-hydrogen) atoms. The molecular formula is C20H14F3N3O6S2. The first-order valence-electron chi connectivity index (χ1n) is 9.33. The first-order valence-corrected chi connectivity index (χ1v) is 11.1. The number of carbonyl (C=O) groups is 3. The first-order chi connectivity index (χ1) is 16.1. The minimum absolute atomic E-state index is 0.109. The average molecular weight is 513 g/mol. The predicted molar refractivity (Wildman–Crippen MR) is 119 cm³/mol. The highest BCUT2D eigenvalue weighted by Gasteiger charge is 2.36. The van der Waals surface area contributed by atoms with Gasteiger partial charge in [0, 0.05) is 11.8 Å². The van der Waals surface area contributed by atoms with Gasteiger partial charge in [0.25, 0.3) is 16.8 Å². The summed E-state index contributed by atoms with van der Waals surface area (Å²) >= 11 is 1.57. The quantitative estimate of drug-likeness (QED) is 0.179. The number of rotatable bonds is 8. The van der Waals surface area contributed by atoms with Crippen molar-refractivity contribution in [1.82, 2.24) is 4.90 Å². The van der Waals surface area contributed by atoms with Gasteiger partial charge in [-0.05, 0) is 41.6 Å². The van der Waals surface area contributed by atoms with E-state index in [0.717, 1.165) is 17.8 Å². The number of carbonyl (C=O) groups excluding carboxylic acids is 3. The van der Waals surface area contributed by atoms with Gasteiger partial charge in [0.15, 0.2) is 17.5 Å². The molecule has 3 amide bonds. The normalized spacial score (nSPS) is 14.7. The molecule has 2 aromatic rings. The van der Waals surface area contributed by atoms with E-state index in [1.54, 1.807) is 0 Å². The number of nitro groups is 1. The molecule has 0 aliphatic carbocycles. The van der Waals surface area contributed by atoms with Crippen molar-refractivity contribution < 1.29 is 37.6 Å². The van der Waals surface area contributed by atoms with E-state index in [1.165, 1.54) is 24.3 Å². The number of aliphatic hydroxyl groups is 1. The SMILES string of the molecule is O=C(CN1C(=O)S/C(=C\c2ccc(SCCO)c([N+](=O)[O-])c2)C1=O)Nc1ccc(F)c(F)c1F. The van der Waals surface area contributed by atoms with Gasteiger partial charge in [-0.15, -0.1) is 11.8 Å². The molecule has 0 bridgehead atoms. The van der Waals surface area contributed by atoms with E-state index in [-0.39, 0.29) is 28.5 Å². The fourth-order valence-corrected chi connectivity index (χ4v) is 4.38. The zero-order chi connectivity index (χ0) is 25.0. The van der Waals surface area contributed by atoms with Crippen LogP contribution in [0.15, 0.2) is 40.1 Å². The van der Waals surface area contributed by atoms with E-state index >= 15 is 0 Å². The summed E-state index contributed by atoms with van der Waals surface area (Å²) in [7, 11) is 0. The Labute approximate surface area is 198 Å². The maximum Gasteiger partial charge on any atom is 0.294 e. The molecular weight excluding hydrogens is 499 g/mol. The van der Waals surface area contributed by atoms with E-state index in [0.29, 0.717) is 27.6 Å². The van der Waals surface area contributed by atoms with Crippen LogP contribution in [0.3, 0.4) is 0 Å². The highest BCUT2D eigenvalue weighted by atomic mass is 32.2.